The zero-order valence-corrected chi connectivity index (χ0v) is 24.7. The summed E-state index contributed by atoms with van der Waals surface area (Å²) in [7, 11) is 0. The summed E-state index contributed by atoms with van der Waals surface area (Å²) >= 11 is 7.92. The zero-order valence-electron chi connectivity index (χ0n) is 23.1. The van der Waals surface area contributed by atoms with Gasteiger partial charge in [0.15, 0.2) is 0 Å². The molecule has 2 aromatic rings. The topological polar surface area (TPSA) is 61.8 Å². The largest absolute Gasteiger partial charge is 0.490 e. The predicted molar refractivity (Wildman–Crippen MR) is 160 cm³/mol. The van der Waals surface area contributed by atoms with Gasteiger partial charge in [-0.1, -0.05) is 37.9 Å². The van der Waals surface area contributed by atoms with E-state index in [0.29, 0.717) is 35.2 Å². The average Bonchev–Trinajstić information content (AvgIpc) is 3.05. The predicted octanol–water partition coefficient (Wildman–Crippen LogP) is 6.79. The smallest absolute Gasteiger partial charge is 0.261 e. The van der Waals surface area contributed by atoms with Crippen molar-refractivity contribution in [3.05, 3.63) is 58.1 Å². The van der Waals surface area contributed by atoms with E-state index in [1.165, 1.54) is 23.1 Å². The van der Waals surface area contributed by atoms with Crippen molar-refractivity contribution in [1.29, 1.82) is 0 Å². The maximum atomic E-state index is 13.3. The van der Waals surface area contributed by atoms with Crippen LogP contribution in [0.3, 0.4) is 0 Å². The molecule has 39 heavy (non-hydrogen) atoms. The Labute approximate surface area is 242 Å². The number of aliphatic hydroxyl groups is 1. The van der Waals surface area contributed by atoms with Gasteiger partial charge in [0, 0.05) is 34.3 Å². The van der Waals surface area contributed by atoms with Gasteiger partial charge in [-0.25, -0.2) is 0 Å². The van der Waals surface area contributed by atoms with Crippen LogP contribution in [0.2, 0.25) is 5.02 Å². The van der Waals surface area contributed by atoms with Crippen LogP contribution < -0.4 is 14.4 Å². The molecule has 2 aromatic carbocycles. The lowest BCUT2D eigenvalue weighted by Crippen LogP contribution is -2.49. The molecule has 0 aromatic heterocycles. The van der Waals surface area contributed by atoms with Crippen LogP contribution >= 0.6 is 23.5 Å². The molecule has 4 aliphatic rings. The average molecular weight is 569 g/mol. The van der Waals surface area contributed by atoms with Gasteiger partial charge in [0.1, 0.15) is 5.75 Å². The first kappa shape index (κ1) is 27.3. The molecular formula is C32H41ClN2O3S. The van der Waals surface area contributed by atoms with Crippen LogP contribution in [-0.2, 0) is 11.8 Å². The van der Waals surface area contributed by atoms with E-state index in [-0.39, 0.29) is 17.4 Å². The molecule has 1 fully saturated rings. The number of hydrogen-bond acceptors (Lipinski definition) is 5. The van der Waals surface area contributed by atoms with E-state index < -0.39 is 0 Å². The fraction of sp³-hybridized carbons (Fsp3) is 0.594. The van der Waals surface area contributed by atoms with E-state index in [1.54, 1.807) is 0 Å². The normalized spacial score (nSPS) is 33.2. The number of amides is 1. The summed E-state index contributed by atoms with van der Waals surface area (Å²) in [6.45, 7) is 6.74. The molecule has 2 heterocycles. The van der Waals surface area contributed by atoms with Crippen LogP contribution in [-0.4, -0.2) is 42.1 Å². The molecule has 0 radical (unpaired) electrons. The van der Waals surface area contributed by atoms with Gasteiger partial charge in [0.05, 0.1) is 18.4 Å². The number of aryl methyl sites for hydroxylation is 1. The van der Waals surface area contributed by atoms with Crippen molar-refractivity contribution in [3.8, 4) is 5.75 Å². The Morgan fingerprint density at radius 2 is 1.97 bits per heavy atom. The lowest BCUT2D eigenvalue weighted by Gasteiger charge is -2.46. The summed E-state index contributed by atoms with van der Waals surface area (Å²) in [6, 6.07) is 12.3. The fourth-order valence-corrected chi connectivity index (χ4v) is 8.26. The number of benzene rings is 2. The lowest BCUT2D eigenvalue weighted by atomic mass is 9.68. The van der Waals surface area contributed by atoms with Gasteiger partial charge in [0.25, 0.3) is 5.91 Å². The highest BCUT2D eigenvalue weighted by molar-refractivity contribution is 7.98. The zero-order chi connectivity index (χ0) is 27.1. The summed E-state index contributed by atoms with van der Waals surface area (Å²) in [4.78, 5) is 15.7. The van der Waals surface area contributed by atoms with Gasteiger partial charge in [-0.3, -0.25) is 9.52 Å². The number of ether oxygens (including phenoxy) is 1. The van der Waals surface area contributed by atoms with E-state index in [2.05, 4.69) is 35.6 Å². The van der Waals surface area contributed by atoms with Gasteiger partial charge >= 0.3 is 0 Å². The van der Waals surface area contributed by atoms with Crippen molar-refractivity contribution >= 4 is 35.1 Å². The van der Waals surface area contributed by atoms with Crippen molar-refractivity contribution in [2.45, 2.75) is 82.0 Å². The minimum Gasteiger partial charge on any atom is -0.490 e. The van der Waals surface area contributed by atoms with Crippen molar-refractivity contribution in [3.63, 3.8) is 0 Å². The van der Waals surface area contributed by atoms with E-state index in [4.69, 9.17) is 16.3 Å². The second-order valence-corrected chi connectivity index (χ2v) is 14.1. The minimum atomic E-state index is -0.243. The molecule has 2 N–H and O–H groups in total. The monoisotopic (exact) mass is 568 g/mol. The maximum absolute atomic E-state index is 13.3. The molecule has 1 saturated carbocycles. The highest BCUT2D eigenvalue weighted by Gasteiger charge is 2.44. The van der Waals surface area contributed by atoms with E-state index >= 15 is 0 Å². The standard InChI is InChI=1S/C32H41ClN2O3S/c1-20-5-3-7-29(36)26-11-8-24(26)17-35-18-32(14-4-6-22-15-25(33)10-12-27(22)32)19-38-30-13-9-23(16-28(30)35)31(37)34-39-21(20)2/h9-10,12-13,15-16,20-21,24,26,29,36H,3-8,11,14,17-19H2,1-2H3,(H,34,37)/t20-,21+,24+,26-,29+,32+/m1/s1. The van der Waals surface area contributed by atoms with Crippen LogP contribution in [0.4, 0.5) is 5.69 Å². The number of rotatable bonds is 0. The number of hydrogen-bond donors (Lipinski definition) is 2. The molecule has 210 valence electrons. The third kappa shape index (κ3) is 5.41. The molecule has 6 atom stereocenters. The summed E-state index contributed by atoms with van der Waals surface area (Å²) < 4.78 is 9.71. The molecule has 2 aliphatic carbocycles. The molecule has 1 spiro atoms. The third-order valence-electron chi connectivity index (χ3n) is 10.0. The molecule has 2 bridgehead atoms. The summed E-state index contributed by atoms with van der Waals surface area (Å²) in [6.07, 6.45) is 8.14. The quantitative estimate of drug-likeness (QED) is 0.343. The molecular weight excluding hydrogens is 528 g/mol. The van der Waals surface area contributed by atoms with E-state index in [1.807, 2.05) is 24.3 Å². The Morgan fingerprint density at radius 3 is 2.79 bits per heavy atom. The van der Waals surface area contributed by atoms with Crippen molar-refractivity contribution in [2.75, 3.05) is 24.6 Å². The molecule has 1 amide bonds. The molecule has 0 unspecified atom stereocenters. The van der Waals surface area contributed by atoms with Crippen molar-refractivity contribution in [2.24, 2.45) is 17.8 Å². The summed E-state index contributed by atoms with van der Waals surface area (Å²) in [5, 5.41) is 12.3. The Hall–Kier alpha value is -1.89. The van der Waals surface area contributed by atoms with Gasteiger partial charge < -0.3 is 14.7 Å². The number of halogens is 1. The number of aliphatic hydroxyl groups excluding tert-OH is 1. The number of nitrogens with zero attached hydrogens (tertiary/aromatic N) is 1. The second kappa shape index (κ2) is 11.2. The highest BCUT2D eigenvalue weighted by Crippen LogP contribution is 2.47. The minimum absolute atomic E-state index is 0.0533. The van der Waals surface area contributed by atoms with Gasteiger partial charge in [-0.15, -0.1) is 0 Å². The Morgan fingerprint density at radius 1 is 1.10 bits per heavy atom. The third-order valence-corrected chi connectivity index (χ3v) is 11.4. The molecule has 7 heteroatoms. The number of fused-ring (bicyclic) bond motifs is 4. The first-order valence-corrected chi connectivity index (χ1v) is 16.0. The highest BCUT2D eigenvalue weighted by atomic mass is 35.5. The summed E-state index contributed by atoms with van der Waals surface area (Å²) in [5.74, 6) is 2.04. The van der Waals surface area contributed by atoms with Gasteiger partial charge in [0.2, 0.25) is 0 Å². The SMILES string of the molecule is C[C@@H]1CCC[C@H](O)[C@@H]2CC[C@H]2CN2C[C@@]3(CCCc4cc(Cl)ccc43)COc3ccc(cc32)C(=O)NS[C@H]1C. The van der Waals surface area contributed by atoms with Crippen LogP contribution in [0.5, 0.6) is 5.75 Å². The number of carbonyl (C=O) groups excluding carboxylic acids is 1. The molecule has 5 nitrogen and oxygen atoms in total. The fourth-order valence-electron chi connectivity index (χ4n) is 7.29. The van der Waals surface area contributed by atoms with E-state index in [0.717, 1.165) is 80.9 Å². The maximum Gasteiger partial charge on any atom is 0.261 e. The lowest BCUT2D eigenvalue weighted by molar-refractivity contribution is 0.00858. The van der Waals surface area contributed by atoms with Crippen LogP contribution in [0, 0.1) is 17.8 Å². The van der Waals surface area contributed by atoms with Crippen LogP contribution in [0.25, 0.3) is 0 Å². The van der Waals surface area contributed by atoms with Crippen LogP contribution in [0.15, 0.2) is 36.4 Å². The van der Waals surface area contributed by atoms with Crippen LogP contribution in [0.1, 0.15) is 80.3 Å². The molecule has 6 rings (SSSR count). The Balaban J connectivity index is 1.38. The first-order valence-electron chi connectivity index (χ1n) is 14.8. The molecule has 2 aliphatic heterocycles. The van der Waals surface area contributed by atoms with Gasteiger partial charge in [-0.05, 0) is 116 Å². The van der Waals surface area contributed by atoms with Gasteiger partial charge in [-0.2, -0.15) is 0 Å². The molecule has 0 saturated heterocycles. The number of anilines is 1. The van der Waals surface area contributed by atoms with Crippen molar-refractivity contribution in [1.82, 2.24) is 4.72 Å². The number of nitrogens with one attached hydrogen (secondary N) is 1. The summed E-state index contributed by atoms with van der Waals surface area (Å²) in [5.41, 5.74) is 4.20. The Bertz CT molecular complexity index is 1220. The Kier molecular flexibility index (Phi) is 7.82. The van der Waals surface area contributed by atoms with Crippen molar-refractivity contribution < 1.29 is 14.6 Å². The first-order chi connectivity index (χ1) is 18.8. The van der Waals surface area contributed by atoms with E-state index in [9.17, 15) is 9.90 Å². The number of carbonyl (C=O) groups is 1. The second-order valence-electron chi connectivity index (χ2n) is 12.5.